The van der Waals surface area contributed by atoms with Gasteiger partial charge < -0.3 is 5.21 Å². The maximum Gasteiger partial charge on any atom is 0.0873 e. The van der Waals surface area contributed by atoms with Crippen molar-refractivity contribution in [3.05, 3.63) is 77.1 Å². The lowest BCUT2D eigenvalue weighted by molar-refractivity contribution is 0.318. The highest BCUT2D eigenvalue weighted by Crippen LogP contribution is 2.40. The molecule has 1 atom stereocenters. The van der Waals surface area contributed by atoms with Crippen LogP contribution in [-0.4, -0.2) is 15.9 Å². The molecule has 0 radical (unpaired) electrons. The Morgan fingerprint density at radius 1 is 1.09 bits per heavy atom. The van der Waals surface area contributed by atoms with Crippen LogP contribution in [0.1, 0.15) is 35.6 Å². The van der Waals surface area contributed by atoms with Crippen LogP contribution < -0.4 is 0 Å². The van der Waals surface area contributed by atoms with E-state index in [1.165, 1.54) is 27.8 Å². The molecule has 0 bridgehead atoms. The lowest BCUT2D eigenvalue weighted by atomic mass is 9.90. The van der Waals surface area contributed by atoms with Crippen molar-refractivity contribution in [2.24, 2.45) is 11.1 Å². The van der Waals surface area contributed by atoms with Crippen LogP contribution in [0.25, 0.3) is 11.1 Å². The van der Waals surface area contributed by atoms with E-state index in [0.29, 0.717) is 5.92 Å². The lowest BCUT2D eigenvalue weighted by Gasteiger charge is -2.14. The molecule has 2 aromatic rings. The Hall–Kier alpha value is -2.68. The summed E-state index contributed by atoms with van der Waals surface area (Å²) >= 11 is 0. The second-order valence-corrected chi connectivity index (χ2v) is 6.13. The molecular weight excluding hydrogens is 284 g/mol. The molecule has 1 N–H and O–H groups in total. The Labute approximate surface area is 135 Å². The smallest absolute Gasteiger partial charge is 0.0873 e. The summed E-state index contributed by atoms with van der Waals surface area (Å²) in [4.78, 5) is 4.12. The van der Waals surface area contributed by atoms with Crippen molar-refractivity contribution in [3.8, 4) is 0 Å². The number of benzene rings is 1. The van der Waals surface area contributed by atoms with Crippen LogP contribution in [0, 0.1) is 5.92 Å². The minimum atomic E-state index is 0.392. The van der Waals surface area contributed by atoms with Gasteiger partial charge in [0.1, 0.15) is 0 Å². The minimum Gasteiger partial charge on any atom is -0.411 e. The summed E-state index contributed by atoms with van der Waals surface area (Å²) < 4.78 is 0. The quantitative estimate of drug-likeness (QED) is 0.663. The first-order valence-electron chi connectivity index (χ1n) is 7.95. The van der Waals surface area contributed by atoms with Crippen molar-refractivity contribution in [2.45, 2.75) is 19.8 Å². The number of rotatable bonds is 2. The first-order chi connectivity index (χ1) is 11.3. The molecule has 1 aromatic carbocycles. The van der Waals surface area contributed by atoms with Gasteiger partial charge in [0, 0.05) is 23.9 Å². The fraction of sp³-hybridized carbons (Fsp3) is 0.200. The molecule has 0 aliphatic heterocycles. The van der Waals surface area contributed by atoms with Crippen LogP contribution in [0.5, 0.6) is 0 Å². The fourth-order valence-electron chi connectivity index (χ4n) is 3.61. The first-order valence-corrected chi connectivity index (χ1v) is 7.95. The van der Waals surface area contributed by atoms with Crippen molar-refractivity contribution in [2.75, 3.05) is 0 Å². The molecule has 2 aliphatic rings. The Kier molecular flexibility index (Phi) is 3.34. The van der Waals surface area contributed by atoms with Crippen LogP contribution in [0.15, 0.2) is 60.0 Å². The van der Waals surface area contributed by atoms with E-state index in [-0.39, 0.29) is 0 Å². The molecule has 2 aliphatic carbocycles. The van der Waals surface area contributed by atoms with E-state index in [9.17, 15) is 0 Å². The van der Waals surface area contributed by atoms with Crippen LogP contribution >= 0.6 is 0 Å². The highest BCUT2D eigenvalue weighted by molar-refractivity contribution is 6.05. The van der Waals surface area contributed by atoms with Crippen LogP contribution in [0.4, 0.5) is 0 Å². The lowest BCUT2D eigenvalue weighted by Crippen LogP contribution is -1.98. The molecule has 0 amide bonds. The number of nitrogens with zero attached hydrogens (tertiary/aromatic N) is 2. The predicted octanol–water partition coefficient (Wildman–Crippen LogP) is 4.32. The van der Waals surface area contributed by atoms with Gasteiger partial charge in [-0.05, 0) is 52.8 Å². The Bertz CT molecular complexity index is 847. The van der Waals surface area contributed by atoms with Crippen molar-refractivity contribution in [3.63, 3.8) is 0 Å². The Morgan fingerprint density at radius 2 is 1.91 bits per heavy atom. The van der Waals surface area contributed by atoms with Crippen molar-refractivity contribution < 1.29 is 5.21 Å². The van der Waals surface area contributed by atoms with Gasteiger partial charge >= 0.3 is 0 Å². The summed E-state index contributed by atoms with van der Waals surface area (Å²) in [5, 5.41) is 12.5. The number of hydrogen-bond donors (Lipinski definition) is 1. The van der Waals surface area contributed by atoms with Gasteiger partial charge in [0.05, 0.1) is 5.71 Å². The molecule has 1 unspecified atom stereocenters. The van der Waals surface area contributed by atoms with Crippen molar-refractivity contribution >= 4 is 16.9 Å². The number of hydrogen-bond acceptors (Lipinski definition) is 3. The zero-order valence-corrected chi connectivity index (χ0v) is 13.0. The van der Waals surface area contributed by atoms with Gasteiger partial charge in [0.2, 0.25) is 0 Å². The molecular formula is C20H18N2O. The SMILES string of the molecule is CC1C=CC(c2ccncc2)=C1c1ccc2c(c1)CC/C2=N/O. The van der Waals surface area contributed by atoms with Crippen LogP contribution in [0.2, 0.25) is 0 Å². The van der Waals surface area contributed by atoms with E-state index in [0.717, 1.165) is 24.1 Å². The third-order valence-electron chi connectivity index (χ3n) is 4.77. The summed E-state index contributed by atoms with van der Waals surface area (Å²) in [6.07, 6.45) is 9.90. The Balaban J connectivity index is 1.83. The number of oxime groups is 1. The zero-order valence-electron chi connectivity index (χ0n) is 13.0. The van der Waals surface area contributed by atoms with Gasteiger partial charge in [0.25, 0.3) is 0 Å². The summed E-state index contributed by atoms with van der Waals surface area (Å²) in [6, 6.07) is 10.6. The van der Waals surface area contributed by atoms with Crippen LogP contribution in [0.3, 0.4) is 0 Å². The largest absolute Gasteiger partial charge is 0.411 e. The molecule has 0 spiro atoms. The molecule has 0 saturated carbocycles. The van der Waals surface area contributed by atoms with Gasteiger partial charge in [-0.15, -0.1) is 0 Å². The second-order valence-electron chi connectivity index (χ2n) is 6.13. The maximum atomic E-state index is 9.09. The molecule has 23 heavy (non-hydrogen) atoms. The minimum absolute atomic E-state index is 0.392. The first kappa shape index (κ1) is 13.9. The summed E-state index contributed by atoms with van der Waals surface area (Å²) in [5.41, 5.74) is 8.24. The predicted molar refractivity (Wildman–Crippen MR) is 92.4 cm³/mol. The van der Waals surface area contributed by atoms with Gasteiger partial charge in [-0.1, -0.05) is 42.4 Å². The number of fused-ring (bicyclic) bond motifs is 1. The van der Waals surface area contributed by atoms with Gasteiger partial charge in [0.15, 0.2) is 0 Å². The van der Waals surface area contributed by atoms with E-state index < -0.39 is 0 Å². The van der Waals surface area contributed by atoms with Crippen LogP contribution in [-0.2, 0) is 6.42 Å². The van der Waals surface area contributed by atoms with E-state index in [4.69, 9.17) is 5.21 Å². The summed E-state index contributed by atoms with van der Waals surface area (Å²) in [5.74, 6) is 0.392. The van der Waals surface area contributed by atoms with Crippen molar-refractivity contribution in [1.29, 1.82) is 0 Å². The number of aryl methyl sites for hydroxylation is 1. The van der Waals surface area contributed by atoms with Gasteiger partial charge in [-0.25, -0.2) is 0 Å². The highest BCUT2D eigenvalue weighted by Gasteiger charge is 2.23. The molecule has 4 rings (SSSR count). The number of pyridine rings is 1. The van der Waals surface area contributed by atoms with Gasteiger partial charge in [-0.3, -0.25) is 4.98 Å². The summed E-state index contributed by atoms with van der Waals surface area (Å²) in [7, 11) is 0. The molecule has 1 aromatic heterocycles. The van der Waals surface area contributed by atoms with E-state index in [1.807, 2.05) is 12.4 Å². The number of aromatic nitrogens is 1. The fourth-order valence-corrected chi connectivity index (χ4v) is 3.61. The average molecular weight is 302 g/mol. The van der Waals surface area contributed by atoms with E-state index >= 15 is 0 Å². The standard InChI is InChI=1S/C20H18N2O/c1-13-2-5-18(14-8-10-21-11-9-14)20(13)16-3-6-17-15(12-16)4-7-19(17)22-23/h2-3,5-6,8-13,23H,4,7H2,1H3/b22-19-. The monoisotopic (exact) mass is 302 g/mol. The molecule has 3 heteroatoms. The third-order valence-corrected chi connectivity index (χ3v) is 4.77. The second kappa shape index (κ2) is 5.51. The third kappa shape index (κ3) is 2.29. The molecule has 0 fully saturated rings. The normalized spacial score (nSPS) is 21.3. The van der Waals surface area contributed by atoms with Crippen molar-refractivity contribution in [1.82, 2.24) is 4.98 Å². The zero-order chi connectivity index (χ0) is 15.8. The number of allylic oxidation sites excluding steroid dienone is 4. The van der Waals surface area contributed by atoms with E-state index in [2.05, 4.69) is 59.5 Å². The molecule has 114 valence electrons. The van der Waals surface area contributed by atoms with E-state index in [1.54, 1.807) is 0 Å². The Morgan fingerprint density at radius 3 is 2.70 bits per heavy atom. The highest BCUT2D eigenvalue weighted by atomic mass is 16.4. The molecule has 0 saturated heterocycles. The topological polar surface area (TPSA) is 45.5 Å². The van der Waals surface area contributed by atoms with Gasteiger partial charge in [-0.2, -0.15) is 0 Å². The maximum absolute atomic E-state index is 9.09. The molecule has 1 heterocycles. The summed E-state index contributed by atoms with van der Waals surface area (Å²) in [6.45, 7) is 2.23. The molecule has 3 nitrogen and oxygen atoms in total. The average Bonchev–Trinajstić information content (AvgIpc) is 3.18.